The van der Waals surface area contributed by atoms with Crippen molar-refractivity contribution in [3.8, 4) is 61.8 Å². The number of aromatic nitrogens is 3. The third-order valence-corrected chi connectivity index (χ3v) is 11.5. The SMILES string of the molecule is C=Nc1ccccc1N1Cc2ccccc2-c2c1ccc1c3ccccc3n(-c3nc(-c4cccc(-c5ccccc5)c4)cc(-c4cccc(-c5ccccc5)c4)n3)c21. The van der Waals surface area contributed by atoms with Crippen LogP contribution in [-0.2, 0) is 6.54 Å². The summed E-state index contributed by atoms with van der Waals surface area (Å²) in [6.45, 7) is 4.63. The first kappa shape index (κ1) is 34.4. The molecule has 5 nitrogen and oxygen atoms in total. The minimum Gasteiger partial charge on any atom is -0.335 e. The zero-order chi connectivity index (χ0) is 39.3. The summed E-state index contributed by atoms with van der Waals surface area (Å²) in [4.78, 5) is 17.8. The summed E-state index contributed by atoms with van der Waals surface area (Å²) < 4.78 is 2.29. The van der Waals surface area contributed by atoms with Gasteiger partial charge in [-0.25, -0.2) is 9.97 Å². The summed E-state index contributed by atoms with van der Waals surface area (Å²) in [6.07, 6.45) is 0. The maximum absolute atomic E-state index is 5.51. The minimum absolute atomic E-state index is 0.607. The molecule has 0 fully saturated rings. The summed E-state index contributed by atoms with van der Waals surface area (Å²) in [5.41, 5.74) is 16.9. The van der Waals surface area contributed by atoms with Crippen LogP contribution < -0.4 is 4.90 Å². The van der Waals surface area contributed by atoms with Gasteiger partial charge in [-0.15, -0.1) is 0 Å². The van der Waals surface area contributed by atoms with Gasteiger partial charge in [0.25, 0.3) is 0 Å². The molecule has 0 atom stereocenters. The number of rotatable bonds is 7. The van der Waals surface area contributed by atoms with Gasteiger partial charge in [0.1, 0.15) is 0 Å². The molecule has 1 aliphatic heterocycles. The molecule has 10 aromatic rings. The quantitative estimate of drug-likeness (QED) is 0.152. The van der Waals surface area contributed by atoms with E-state index < -0.39 is 0 Å². The van der Waals surface area contributed by atoms with Crippen LogP contribution in [0.15, 0.2) is 205 Å². The van der Waals surface area contributed by atoms with E-state index >= 15 is 0 Å². The molecule has 1 aliphatic rings. The number of fused-ring (bicyclic) bond motifs is 7. The summed E-state index contributed by atoms with van der Waals surface area (Å²) in [7, 11) is 0. The van der Waals surface area contributed by atoms with E-state index in [1.165, 1.54) is 11.1 Å². The van der Waals surface area contributed by atoms with E-state index in [0.29, 0.717) is 12.5 Å². The maximum Gasteiger partial charge on any atom is 0.235 e. The molecule has 0 saturated carbocycles. The number of benzene rings is 8. The lowest BCUT2D eigenvalue weighted by Gasteiger charge is -2.34. The Kier molecular flexibility index (Phi) is 8.30. The van der Waals surface area contributed by atoms with Gasteiger partial charge in [-0.05, 0) is 82.6 Å². The van der Waals surface area contributed by atoms with Gasteiger partial charge >= 0.3 is 0 Å². The average Bonchev–Trinajstić information content (AvgIpc) is 3.66. The van der Waals surface area contributed by atoms with Crippen molar-refractivity contribution in [2.45, 2.75) is 6.54 Å². The predicted molar refractivity (Wildman–Crippen MR) is 245 cm³/mol. The van der Waals surface area contributed by atoms with Crippen molar-refractivity contribution in [2.75, 3.05) is 4.90 Å². The van der Waals surface area contributed by atoms with Gasteiger partial charge in [0.2, 0.25) is 5.95 Å². The molecule has 11 rings (SSSR count). The third-order valence-electron chi connectivity index (χ3n) is 11.5. The Morgan fingerprint density at radius 1 is 0.458 bits per heavy atom. The summed E-state index contributed by atoms with van der Waals surface area (Å²) in [5, 5.41) is 2.28. The number of aliphatic imine (C=N–C) groups is 1. The molecule has 5 heteroatoms. The highest BCUT2D eigenvalue weighted by atomic mass is 15.2. The van der Waals surface area contributed by atoms with Gasteiger partial charge in [0.05, 0.1) is 39.5 Å². The fourth-order valence-electron chi connectivity index (χ4n) is 8.75. The van der Waals surface area contributed by atoms with E-state index in [4.69, 9.17) is 9.97 Å². The second-order valence-corrected chi connectivity index (χ2v) is 14.9. The van der Waals surface area contributed by atoms with Crippen LogP contribution in [-0.4, -0.2) is 21.3 Å². The normalized spacial score (nSPS) is 12.0. The molecule has 2 aromatic heterocycles. The summed E-state index contributed by atoms with van der Waals surface area (Å²) in [5.74, 6) is 0.607. The predicted octanol–water partition coefficient (Wildman–Crippen LogP) is 13.9. The minimum atomic E-state index is 0.607. The Bertz CT molecular complexity index is 3120. The molecule has 0 N–H and O–H groups in total. The average molecular weight is 756 g/mol. The van der Waals surface area contributed by atoms with Crippen LogP contribution in [0.25, 0.3) is 83.6 Å². The Morgan fingerprint density at radius 2 is 1.03 bits per heavy atom. The van der Waals surface area contributed by atoms with Gasteiger partial charge in [0, 0.05) is 34.0 Å². The maximum atomic E-state index is 5.51. The number of nitrogens with zero attached hydrogens (tertiary/aromatic N) is 5. The lowest BCUT2D eigenvalue weighted by atomic mass is 9.91. The van der Waals surface area contributed by atoms with Gasteiger partial charge in [-0.2, -0.15) is 0 Å². The highest BCUT2D eigenvalue weighted by molar-refractivity contribution is 6.17. The Labute approximate surface area is 342 Å². The van der Waals surface area contributed by atoms with Crippen LogP contribution in [0.5, 0.6) is 0 Å². The lowest BCUT2D eigenvalue weighted by molar-refractivity contribution is 0.957. The summed E-state index contributed by atoms with van der Waals surface area (Å²) in [6, 6.07) is 70.6. The van der Waals surface area contributed by atoms with Crippen LogP contribution in [0.3, 0.4) is 0 Å². The van der Waals surface area contributed by atoms with E-state index in [2.05, 4.69) is 209 Å². The molecular formula is C54H37N5. The molecule has 278 valence electrons. The first-order valence-corrected chi connectivity index (χ1v) is 19.9. The molecule has 0 amide bonds. The van der Waals surface area contributed by atoms with Crippen molar-refractivity contribution < 1.29 is 0 Å². The van der Waals surface area contributed by atoms with Crippen LogP contribution in [0, 0.1) is 0 Å². The van der Waals surface area contributed by atoms with E-state index in [1.807, 2.05) is 12.1 Å². The number of anilines is 2. The second kappa shape index (κ2) is 14.2. The molecule has 0 spiro atoms. The highest BCUT2D eigenvalue weighted by Crippen LogP contribution is 2.50. The van der Waals surface area contributed by atoms with Crippen LogP contribution in [0.1, 0.15) is 5.56 Å². The first-order chi connectivity index (χ1) is 29.2. The van der Waals surface area contributed by atoms with Crippen molar-refractivity contribution in [1.82, 2.24) is 14.5 Å². The lowest BCUT2D eigenvalue weighted by Crippen LogP contribution is -2.22. The fourth-order valence-corrected chi connectivity index (χ4v) is 8.75. The Hall–Kier alpha value is -7.89. The smallest absolute Gasteiger partial charge is 0.235 e. The molecule has 0 unspecified atom stereocenters. The monoisotopic (exact) mass is 755 g/mol. The van der Waals surface area contributed by atoms with Crippen molar-refractivity contribution >= 4 is 45.6 Å². The topological polar surface area (TPSA) is 46.3 Å². The van der Waals surface area contributed by atoms with Crippen molar-refractivity contribution in [1.29, 1.82) is 0 Å². The van der Waals surface area contributed by atoms with Crippen LogP contribution in [0.4, 0.5) is 17.1 Å². The third kappa shape index (κ3) is 5.91. The summed E-state index contributed by atoms with van der Waals surface area (Å²) >= 11 is 0. The van der Waals surface area contributed by atoms with Gasteiger partial charge in [0.15, 0.2) is 0 Å². The van der Waals surface area contributed by atoms with E-state index in [1.54, 1.807) is 0 Å². The van der Waals surface area contributed by atoms with E-state index in [9.17, 15) is 0 Å². The molecule has 0 saturated heterocycles. The molecule has 3 heterocycles. The Morgan fingerprint density at radius 3 is 1.73 bits per heavy atom. The number of hydrogen-bond donors (Lipinski definition) is 0. The van der Waals surface area contributed by atoms with E-state index in [0.717, 1.165) is 89.2 Å². The van der Waals surface area contributed by atoms with Gasteiger partial charge < -0.3 is 4.90 Å². The highest BCUT2D eigenvalue weighted by Gasteiger charge is 2.30. The standard InChI is InChI=1S/C54H37N5/c1-55-46-27-11-13-29-50(46)58-35-42-20-8-9-25-43(42)52-51(58)31-30-45-44-26-10-12-28-49(44)59(53(45)52)54-56-47(40-23-14-21-38(32-40)36-16-4-2-5-17-36)34-48(57-54)41-24-15-22-39(33-41)37-18-6-3-7-19-37/h2-34H,1,35H2. The fraction of sp³-hybridized carbons (Fsp3) is 0.0185. The Balaban J connectivity index is 1.21. The second-order valence-electron chi connectivity index (χ2n) is 14.9. The van der Waals surface area contributed by atoms with Gasteiger partial charge in [-0.1, -0.05) is 158 Å². The van der Waals surface area contributed by atoms with Crippen molar-refractivity contribution in [3.63, 3.8) is 0 Å². The van der Waals surface area contributed by atoms with E-state index in [-0.39, 0.29) is 0 Å². The molecule has 8 aromatic carbocycles. The molecule has 0 radical (unpaired) electrons. The van der Waals surface area contributed by atoms with Crippen molar-refractivity contribution in [2.24, 2.45) is 4.99 Å². The number of para-hydroxylation sites is 3. The first-order valence-electron chi connectivity index (χ1n) is 19.9. The van der Waals surface area contributed by atoms with Crippen LogP contribution >= 0.6 is 0 Å². The molecular weight excluding hydrogens is 719 g/mol. The number of hydrogen-bond acceptors (Lipinski definition) is 4. The van der Waals surface area contributed by atoms with Gasteiger partial charge in [-0.3, -0.25) is 9.56 Å². The van der Waals surface area contributed by atoms with Crippen molar-refractivity contribution in [3.05, 3.63) is 206 Å². The molecule has 59 heavy (non-hydrogen) atoms. The molecule has 0 bridgehead atoms. The zero-order valence-electron chi connectivity index (χ0n) is 32.2. The zero-order valence-corrected chi connectivity index (χ0v) is 32.2. The largest absolute Gasteiger partial charge is 0.335 e. The van der Waals surface area contributed by atoms with Crippen LogP contribution in [0.2, 0.25) is 0 Å². The molecule has 0 aliphatic carbocycles.